The number of benzene rings is 1. The number of rotatable bonds is 2. The molecule has 0 unspecified atom stereocenters. The van der Waals surface area contributed by atoms with E-state index in [0.29, 0.717) is 16.1 Å². The molecule has 0 aliphatic carbocycles. The third kappa shape index (κ3) is 2.42. The van der Waals surface area contributed by atoms with Gasteiger partial charge in [0.2, 0.25) is 0 Å². The highest BCUT2D eigenvalue weighted by atomic mass is 32.1. The monoisotopic (exact) mass is 314 g/mol. The molecule has 0 saturated carbocycles. The summed E-state index contributed by atoms with van der Waals surface area (Å²) in [5, 5.41) is 1.28. The Hall–Kier alpha value is -2.47. The summed E-state index contributed by atoms with van der Waals surface area (Å²) < 4.78 is 5.21. The van der Waals surface area contributed by atoms with Crippen LogP contribution in [0.1, 0.15) is 20.9 Å². The normalized spacial score (nSPS) is 10.9. The van der Waals surface area contributed by atoms with Gasteiger partial charge in [0, 0.05) is 17.3 Å². The van der Waals surface area contributed by atoms with Crippen LogP contribution in [0.4, 0.5) is 5.13 Å². The largest absolute Gasteiger partial charge is 0.422 e. The van der Waals surface area contributed by atoms with Crippen LogP contribution in [-0.4, -0.2) is 17.9 Å². The molecule has 1 aromatic carbocycles. The smallest absolute Gasteiger partial charge is 0.349 e. The molecule has 5 nitrogen and oxygen atoms in total. The van der Waals surface area contributed by atoms with Crippen molar-refractivity contribution < 1.29 is 9.21 Å². The Balaban J connectivity index is 2.04. The molecule has 0 spiro atoms. The number of anilines is 1. The van der Waals surface area contributed by atoms with Gasteiger partial charge in [0.25, 0.3) is 5.91 Å². The van der Waals surface area contributed by atoms with Crippen LogP contribution < -0.4 is 10.5 Å². The van der Waals surface area contributed by atoms with E-state index in [2.05, 4.69) is 4.98 Å². The Labute approximate surface area is 130 Å². The van der Waals surface area contributed by atoms with Gasteiger partial charge in [0.1, 0.15) is 11.1 Å². The highest BCUT2D eigenvalue weighted by Gasteiger charge is 2.21. The van der Waals surface area contributed by atoms with Crippen LogP contribution in [0.5, 0.6) is 0 Å². The van der Waals surface area contributed by atoms with E-state index in [0.717, 1.165) is 10.6 Å². The highest BCUT2D eigenvalue weighted by Crippen LogP contribution is 2.25. The third-order valence-corrected chi connectivity index (χ3v) is 4.63. The molecule has 2 aromatic heterocycles. The average molecular weight is 314 g/mol. The number of para-hydroxylation sites is 1. The first-order chi connectivity index (χ1) is 10.5. The first-order valence-corrected chi connectivity index (χ1v) is 7.54. The van der Waals surface area contributed by atoms with Gasteiger partial charge in [-0.15, -0.1) is 11.3 Å². The topological polar surface area (TPSA) is 63.4 Å². The summed E-state index contributed by atoms with van der Waals surface area (Å²) in [5.41, 5.74) is 0.713. The molecule has 0 saturated heterocycles. The van der Waals surface area contributed by atoms with E-state index in [4.69, 9.17) is 4.42 Å². The first-order valence-electron chi connectivity index (χ1n) is 6.72. The van der Waals surface area contributed by atoms with Gasteiger partial charge in [-0.3, -0.25) is 9.69 Å². The van der Waals surface area contributed by atoms with E-state index in [1.807, 2.05) is 19.9 Å². The van der Waals surface area contributed by atoms with E-state index in [9.17, 15) is 9.59 Å². The fraction of sp³-hybridized carbons (Fsp3) is 0.188. The zero-order chi connectivity index (χ0) is 15.9. The molecule has 2 heterocycles. The SMILES string of the molecule is Cc1nc(N(C)C(=O)c2cc3ccccc3oc2=O)sc1C. The Morgan fingerprint density at radius 1 is 1.27 bits per heavy atom. The zero-order valence-electron chi connectivity index (χ0n) is 12.4. The molecule has 0 fully saturated rings. The number of thiazole rings is 1. The molecule has 6 heteroatoms. The lowest BCUT2D eigenvalue weighted by Gasteiger charge is -2.13. The molecule has 0 bridgehead atoms. The first kappa shape index (κ1) is 14.5. The van der Waals surface area contributed by atoms with Crippen molar-refractivity contribution >= 4 is 33.3 Å². The van der Waals surface area contributed by atoms with Gasteiger partial charge < -0.3 is 4.42 Å². The number of aryl methyl sites for hydroxylation is 2. The summed E-state index contributed by atoms with van der Waals surface area (Å²) in [4.78, 5) is 31.4. The van der Waals surface area contributed by atoms with Crippen molar-refractivity contribution in [3.05, 3.63) is 56.9 Å². The molecule has 0 aliphatic rings. The van der Waals surface area contributed by atoms with Gasteiger partial charge in [0.05, 0.1) is 5.69 Å². The van der Waals surface area contributed by atoms with Crippen molar-refractivity contribution in [1.82, 2.24) is 4.98 Å². The lowest BCUT2D eigenvalue weighted by Crippen LogP contribution is -2.30. The van der Waals surface area contributed by atoms with Crippen LogP contribution in [0.2, 0.25) is 0 Å². The van der Waals surface area contributed by atoms with Crippen LogP contribution in [0.3, 0.4) is 0 Å². The maximum absolute atomic E-state index is 12.6. The molecule has 3 rings (SSSR count). The van der Waals surface area contributed by atoms with Crippen LogP contribution in [0.25, 0.3) is 11.0 Å². The second kappa shape index (κ2) is 5.38. The minimum Gasteiger partial charge on any atom is -0.422 e. The number of nitrogens with zero attached hydrogens (tertiary/aromatic N) is 2. The van der Waals surface area contributed by atoms with Crippen molar-refractivity contribution in [3.8, 4) is 0 Å². The van der Waals surface area contributed by atoms with Crippen LogP contribution in [-0.2, 0) is 0 Å². The number of hydrogen-bond acceptors (Lipinski definition) is 5. The number of amides is 1. The summed E-state index contributed by atoms with van der Waals surface area (Å²) in [6.07, 6.45) is 0. The maximum atomic E-state index is 12.6. The Morgan fingerprint density at radius 3 is 2.68 bits per heavy atom. The van der Waals surface area contributed by atoms with Crippen LogP contribution >= 0.6 is 11.3 Å². The summed E-state index contributed by atoms with van der Waals surface area (Å²) in [6.45, 7) is 3.83. The molecule has 22 heavy (non-hydrogen) atoms. The van der Waals surface area contributed by atoms with Gasteiger partial charge in [-0.25, -0.2) is 9.78 Å². The Morgan fingerprint density at radius 2 is 2.00 bits per heavy atom. The molecule has 0 atom stereocenters. The third-order valence-electron chi connectivity index (χ3n) is 3.48. The number of aromatic nitrogens is 1. The van der Waals surface area contributed by atoms with Crippen molar-refractivity contribution in [2.75, 3.05) is 11.9 Å². The molecule has 112 valence electrons. The lowest BCUT2D eigenvalue weighted by molar-refractivity contribution is 0.0989. The minimum absolute atomic E-state index is 0.00621. The predicted molar refractivity (Wildman–Crippen MR) is 86.8 cm³/mol. The van der Waals surface area contributed by atoms with E-state index in [1.54, 1.807) is 31.3 Å². The Kier molecular flexibility index (Phi) is 3.54. The summed E-state index contributed by atoms with van der Waals surface area (Å²) in [7, 11) is 1.61. The van der Waals surface area contributed by atoms with Crippen LogP contribution in [0, 0.1) is 13.8 Å². The maximum Gasteiger partial charge on any atom is 0.349 e. The standard InChI is InChI=1S/C16H14N2O3S/c1-9-10(2)22-16(17-9)18(3)14(19)12-8-11-6-4-5-7-13(11)21-15(12)20/h4-8H,1-3H3. The number of carbonyl (C=O) groups excluding carboxylic acids is 1. The van der Waals surface area contributed by atoms with Gasteiger partial charge >= 0.3 is 5.63 Å². The number of carbonyl (C=O) groups is 1. The summed E-state index contributed by atoms with van der Waals surface area (Å²) in [5.74, 6) is -0.423. The van der Waals surface area contributed by atoms with Crippen molar-refractivity contribution in [1.29, 1.82) is 0 Å². The quantitative estimate of drug-likeness (QED) is 0.682. The predicted octanol–water partition coefficient (Wildman–Crippen LogP) is 3.14. The molecule has 1 amide bonds. The highest BCUT2D eigenvalue weighted by molar-refractivity contribution is 7.15. The molecule has 0 aliphatic heterocycles. The fourth-order valence-electron chi connectivity index (χ4n) is 2.08. The van der Waals surface area contributed by atoms with E-state index in [-0.39, 0.29) is 5.56 Å². The van der Waals surface area contributed by atoms with Gasteiger partial charge in [-0.2, -0.15) is 0 Å². The average Bonchev–Trinajstić information content (AvgIpc) is 2.84. The van der Waals surface area contributed by atoms with E-state index in [1.165, 1.54) is 16.2 Å². The molecular formula is C16H14N2O3S. The van der Waals surface area contributed by atoms with Crippen molar-refractivity contribution in [2.24, 2.45) is 0 Å². The summed E-state index contributed by atoms with van der Waals surface area (Å²) >= 11 is 1.42. The zero-order valence-corrected chi connectivity index (χ0v) is 13.2. The fourth-order valence-corrected chi connectivity index (χ4v) is 2.95. The van der Waals surface area contributed by atoms with Crippen molar-refractivity contribution in [3.63, 3.8) is 0 Å². The Bertz CT molecular complexity index is 907. The van der Waals surface area contributed by atoms with Gasteiger partial charge in [-0.1, -0.05) is 18.2 Å². The van der Waals surface area contributed by atoms with Crippen molar-refractivity contribution in [2.45, 2.75) is 13.8 Å². The summed E-state index contributed by atoms with van der Waals surface area (Å²) in [6, 6.07) is 8.66. The number of hydrogen-bond donors (Lipinski definition) is 0. The number of fused-ring (bicyclic) bond motifs is 1. The van der Waals surface area contributed by atoms with Gasteiger partial charge in [0.15, 0.2) is 5.13 Å². The molecule has 0 radical (unpaired) electrons. The van der Waals surface area contributed by atoms with Crippen LogP contribution in [0.15, 0.2) is 39.5 Å². The second-order valence-corrected chi connectivity index (χ2v) is 6.17. The second-order valence-electron chi connectivity index (χ2n) is 4.99. The molecule has 0 N–H and O–H groups in total. The minimum atomic E-state index is -0.638. The van der Waals surface area contributed by atoms with Gasteiger partial charge in [-0.05, 0) is 26.0 Å². The molecule has 3 aromatic rings. The lowest BCUT2D eigenvalue weighted by atomic mass is 10.2. The van der Waals surface area contributed by atoms with E-state index < -0.39 is 11.5 Å². The van der Waals surface area contributed by atoms with E-state index >= 15 is 0 Å². The molecular weight excluding hydrogens is 300 g/mol.